The van der Waals surface area contributed by atoms with Gasteiger partial charge in [0.25, 0.3) is 0 Å². The third-order valence-electron chi connectivity index (χ3n) is 3.90. The maximum Gasteiger partial charge on any atom is 0.136 e. The highest BCUT2D eigenvalue weighted by Crippen LogP contribution is 2.45. The molecule has 2 bridgehead atoms. The van der Waals surface area contributed by atoms with Crippen molar-refractivity contribution in [1.82, 2.24) is 0 Å². The van der Waals surface area contributed by atoms with Gasteiger partial charge in [-0.15, -0.1) is 0 Å². The van der Waals surface area contributed by atoms with E-state index >= 15 is 0 Å². The summed E-state index contributed by atoms with van der Waals surface area (Å²) in [4.78, 5) is 0. The lowest BCUT2D eigenvalue weighted by Gasteiger charge is -2.40. The van der Waals surface area contributed by atoms with Crippen molar-refractivity contribution in [3.63, 3.8) is 0 Å². The average Bonchev–Trinajstić information content (AvgIpc) is 2.42. The Kier molecular flexibility index (Phi) is 4.09. The van der Waals surface area contributed by atoms with E-state index in [9.17, 15) is 0 Å². The minimum atomic E-state index is -0.428. The second kappa shape index (κ2) is 5.11. The van der Waals surface area contributed by atoms with E-state index in [1.165, 1.54) is 0 Å². The number of hydrogen-bond donors (Lipinski definition) is 0. The van der Waals surface area contributed by atoms with Gasteiger partial charge in [-0.05, 0) is 54.9 Å². The van der Waals surface area contributed by atoms with Crippen LogP contribution in [-0.4, -0.2) is 35.6 Å². The topological polar surface area (TPSA) is 27.7 Å². The zero-order valence-electron chi connectivity index (χ0n) is 14.0. The molecule has 3 nitrogen and oxygen atoms in total. The van der Waals surface area contributed by atoms with Crippen LogP contribution in [0.5, 0.6) is 0 Å². The van der Waals surface area contributed by atoms with Gasteiger partial charge in [-0.2, -0.15) is 0 Å². The van der Waals surface area contributed by atoms with E-state index in [4.69, 9.17) is 14.2 Å². The van der Waals surface area contributed by atoms with Crippen molar-refractivity contribution < 1.29 is 14.2 Å². The van der Waals surface area contributed by atoms with Crippen LogP contribution in [0, 0.1) is 5.92 Å². The minimum absolute atomic E-state index is 0.0739. The average molecular weight is 282 g/mol. The van der Waals surface area contributed by atoms with E-state index in [2.05, 4.69) is 60.6 Å². The summed E-state index contributed by atoms with van der Waals surface area (Å²) >= 11 is 0. The molecule has 0 aromatic heterocycles. The smallest absolute Gasteiger partial charge is 0.136 e. The summed E-state index contributed by atoms with van der Waals surface area (Å²) in [6.45, 7) is 15.2. The Morgan fingerprint density at radius 2 is 1.80 bits per heavy atom. The van der Waals surface area contributed by atoms with Crippen LogP contribution >= 0.6 is 0 Å². The molecule has 116 valence electrons. The summed E-state index contributed by atoms with van der Waals surface area (Å²) in [5.74, 6) is 0.419. The van der Waals surface area contributed by atoms with Crippen molar-refractivity contribution in [3.8, 4) is 0 Å². The van der Waals surface area contributed by atoms with Crippen molar-refractivity contribution in [2.24, 2.45) is 5.92 Å². The minimum Gasteiger partial charge on any atom is -0.372 e. The first-order valence-electron chi connectivity index (χ1n) is 7.70. The molecule has 2 rings (SSSR count). The van der Waals surface area contributed by atoms with E-state index in [0.29, 0.717) is 12.5 Å². The van der Waals surface area contributed by atoms with E-state index < -0.39 is 5.60 Å². The zero-order valence-corrected chi connectivity index (χ0v) is 14.0. The molecule has 1 fully saturated rings. The first-order chi connectivity index (χ1) is 9.03. The molecular formula is C17H30O3. The SMILES string of the molecule is C[C@@H]1O[C@@]2(COC(C)(C)C)C=CC[C@H]1C2OC(C)(C)C. The number of hydrogen-bond acceptors (Lipinski definition) is 3. The highest BCUT2D eigenvalue weighted by Gasteiger charge is 2.55. The molecule has 1 saturated heterocycles. The van der Waals surface area contributed by atoms with Gasteiger partial charge in [-0.3, -0.25) is 0 Å². The molecule has 0 aromatic carbocycles. The van der Waals surface area contributed by atoms with Crippen LogP contribution in [-0.2, 0) is 14.2 Å². The molecule has 0 amide bonds. The highest BCUT2D eigenvalue weighted by molar-refractivity contribution is 5.19. The third-order valence-corrected chi connectivity index (χ3v) is 3.90. The van der Waals surface area contributed by atoms with Gasteiger partial charge >= 0.3 is 0 Å². The van der Waals surface area contributed by atoms with Crippen molar-refractivity contribution in [1.29, 1.82) is 0 Å². The molecule has 1 heterocycles. The number of rotatable bonds is 3. The molecule has 1 unspecified atom stereocenters. The van der Waals surface area contributed by atoms with Crippen LogP contribution in [0.4, 0.5) is 0 Å². The second-order valence-corrected chi connectivity index (χ2v) is 8.13. The molecule has 1 aliphatic carbocycles. The second-order valence-electron chi connectivity index (χ2n) is 8.13. The highest BCUT2D eigenvalue weighted by atomic mass is 16.6. The van der Waals surface area contributed by atoms with E-state index in [-0.39, 0.29) is 23.4 Å². The van der Waals surface area contributed by atoms with Gasteiger partial charge in [0.05, 0.1) is 30.0 Å². The first kappa shape index (κ1) is 16.0. The monoisotopic (exact) mass is 282 g/mol. The molecule has 0 spiro atoms. The van der Waals surface area contributed by atoms with E-state index in [1.54, 1.807) is 0 Å². The number of fused-ring (bicyclic) bond motifs is 2. The fourth-order valence-electron chi connectivity index (χ4n) is 3.04. The predicted molar refractivity (Wildman–Crippen MR) is 80.9 cm³/mol. The van der Waals surface area contributed by atoms with Gasteiger partial charge in [0.2, 0.25) is 0 Å². The third kappa shape index (κ3) is 3.44. The predicted octanol–water partition coefficient (Wildman–Crippen LogP) is 3.72. The van der Waals surface area contributed by atoms with Crippen molar-refractivity contribution in [2.75, 3.05) is 6.61 Å². The van der Waals surface area contributed by atoms with Crippen LogP contribution in [0.2, 0.25) is 0 Å². The molecule has 4 atom stereocenters. The molecule has 0 aromatic rings. The maximum absolute atomic E-state index is 6.35. The Hall–Kier alpha value is -0.380. The van der Waals surface area contributed by atoms with Crippen molar-refractivity contribution in [3.05, 3.63) is 12.2 Å². The quantitative estimate of drug-likeness (QED) is 0.738. The van der Waals surface area contributed by atoms with Crippen LogP contribution in [0.1, 0.15) is 54.9 Å². The summed E-state index contributed by atoms with van der Waals surface area (Å²) in [6, 6.07) is 0. The van der Waals surface area contributed by atoms with E-state index in [1.807, 2.05) is 0 Å². The van der Waals surface area contributed by atoms with Gasteiger partial charge in [-0.25, -0.2) is 0 Å². The summed E-state index contributed by atoms with van der Waals surface area (Å²) in [6.07, 6.45) is 5.70. The maximum atomic E-state index is 6.35. The summed E-state index contributed by atoms with van der Waals surface area (Å²) < 4.78 is 18.7. The molecule has 0 saturated carbocycles. The van der Waals surface area contributed by atoms with Gasteiger partial charge in [0.15, 0.2) is 0 Å². The van der Waals surface area contributed by atoms with Gasteiger partial charge in [-0.1, -0.05) is 12.2 Å². The summed E-state index contributed by atoms with van der Waals surface area (Å²) in [5, 5.41) is 0. The van der Waals surface area contributed by atoms with Crippen molar-refractivity contribution >= 4 is 0 Å². The Labute approximate surface area is 123 Å². The molecule has 2 aliphatic rings. The molecule has 0 N–H and O–H groups in total. The van der Waals surface area contributed by atoms with Gasteiger partial charge in [0.1, 0.15) is 5.60 Å². The zero-order chi connectivity index (χ0) is 15.2. The molecule has 3 heteroatoms. The van der Waals surface area contributed by atoms with Gasteiger partial charge in [0, 0.05) is 5.92 Å². The number of allylic oxidation sites excluding steroid dienone is 1. The van der Waals surface area contributed by atoms with Crippen LogP contribution < -0.4 is 0 Å². The summed E-state index contributed by atoms with van der Waals surface area (Å²) in [7, 11) is 0. The van der Waals surface area contributed by atoms with Crippen LogP contribution in [0.25, 0.3) is 0 Å². The van der Waals surface area contributed by atoms with Gasteiger partial charge < -0.3 is 14.2 Å². The van der Waals surface area contributed by atoms with E-state index in [0.717, 1.165) is 6.42 Å². The van der Waals surface area contributed by atoms with Crippen LogP contribution in [0.15, 0.2) is 12.2 Å². The molecule has 20 heavy (non-hydrogen) atoms. The molecule has 0 radical (unpaired) electrons. The first-order valence-corrected chi connectivity index (χ1v) is 7.70. The fraction of sp³-hybridized carbons (Fsp3) is 0.882. The Balaban J connectivity index is 2.21. The standard InChI is InChI=1S/C17H30O3/c1-12-13-9-8-10-17(19-12,11-18-15(2,3)4)14(13)20-16(5,6)7/h8,10,12-14H,9,11H2,1-7H3/t12-,13+,14?,17+/m0/s1. The Bertz CT molecular complexity index is 375. The number of ether oxygens (including phenoxy) is 3. The Morgan fingerprint density at radius 1 is 1.15 bits per heavy atom. The summed E-state index contributed by atoms with van der Waals surface area (Å²) in [5.41, 5.74) is -0.769. The Morgan fingerprint density at radius 3 is 2.35 bits per heavy atom. The lowest BCUT2D eigenvalue weighted by molar-refractivity contribution is -0.165. The lowest BCUT2D eigenvalue weighted by Crippen LogP contribution is -2.51. The van der Waals surface area contributed by atoms with Crippen molar-refractivity contribution in [2.45, 2.75) is 83.9 Å². The molecular weight excluding hydrogens is 252 g/mol. The normalized spacial score (nSPS) is 37.5. The largest absolute Gasteiger partial charge is 0.372 e. The van der Waals surface area contributed by atoms with Crippen LogP contribution in [0.3, 0.4) is 0 Å². The fourth-order valence-corrected chi connectivity index (χ4v) is 3.04. The molecule has 1 aliphatic heterocycles. The lowest BCUT2D eigenvalue weighted by atomic mass is 9.81.